The van der Waals surface area contributed by atoms with Crippen LogP contribution in [0.4, 0.5) is 4.39 Å². The molecule has 0 aliphatic heterocycles. The summed E-state index contributed by atoms with van der Waals surface area (Å²) in [7, 11) is 1.58. The van der Waals surface area contributed by atoms with E-state index >= 15 is 0 Å². The van der Waals surface area contributed by atoms with Crippen LogP contribution in [0.3, 0.4) is 0 Å². The van der Waals surface area contributed by atoms with Crippen LogP contribution in [0.15, 0.2) is 12.1 Å². The molecule has 0 aliphatic rings. The SMILES string of the molecule is CNC(=O)CCn1c(CCl)nc2cc(I)c(F)cc21. The number of fused-ring (bicyclic) bond motifs is 1. The number of aromatic nitrogens is 2. The van der Waals surface area contributed by atoms with Crippen molar-refractivity contribution in [2.45, 2.75) is 18.8 Å². The average molecular weight is 396 g/mol. The summed E-state index contributed by atoms with van der Waals surface area (Å²) < 4.78 is 16.0. The normalized spacial score (nSPS) is 10.9. The lowest BCUT2D eigenvalue weighted by Gasteiger charge is -2.07. The molecular formula is C12H12ClFIN3O. The number of aryl methyl sites for hydroxylation is 1. The summed E-state index contributed by atoms with van der Waals surface area (Å²) in [4.78, 5) is 15.7. The third-order valence-electron chi connectivity index (χ3n) is 2.83. The van der Waals surface area contributed by atoms with Crippen LogP contribution in [0.1, 0.15) is 12.2 Å². The van der Waals surface area contributed by atoms with Crippen LogP contribution in [0.5, 0.6) is 0 Å². The summed E-state index contributed by atoms with van der Waals surface area (Å²) in [6, 6.07) is 3.11. The number of alkyl halides is 1. The molecule has 0 fully saturated rings. The van der Waals surface area contributed by atoms with Crippen LogP contribution in [0.25, 0.3) is 11.0 Å². The zero-order chi connectivity index (χ0) is 14.0. The Labute approximate surface area is 128 Å². The van der Waals surface area contributed by atoms with Crippen molar-refractivity contribution in [2.24, 2.45) is 0 Å². The number of hydrogen-bond acceptors (Lipinski definition) is 2. The molecule has 19 heavy (non-hydrogen) atoms. The first kappa shape index (κ1) is 14.5. The molecule has 0 spiro atoms. The van der Waals surface area contributed by atoms with Crippen molar-refractivity contribution in [3.63, 3.8) is 0 Å². The average Bonchev–Trinajstić information content (AvgIpc) is 2.73. The van der Waals surface area contributed by atoms with E-state index in [1.807, 2.05) is 22.6 Å². The summed E-state index contributed by atoms with van der Waals surface area (Å²) in [6.45, 7) is 0.429. The van der Waals surface area contributed by atoms with Gasteiger partial charge in [0.15, 0.2) is 0 Å². The number of benzene rings is 1. The van der Waals surface area contributed by atoms with Gasteiger partial charge < -0.3 is 9.88 Å². The van der Waals surface area contributed by atoms with E-state index in [4.69, 9.17) is 11.6 Å². The second-order valence-electron chi connectivity index (χ2n) is 3.99. The maximum atomic E-state index is 13.6. The lowest BCUT2D eigenvalue weighted by Crippen LogP contribution is -2.20. The Balaban J connectivity index is 2.44. The molecule has 0 atom stereocenters. The number of nitrogens with one attached hydrogen (secondary N) is 1. The van der Waals surface area contributed by atoms with Crippen LogP contribution < -0.4 is 5.32 Å². The highest BCUT2D eigenvalue weighted by atomic mass is 127. The first-order valence-electron chi connectivity index (χ1n) is 5.67. The maximum Gasteiger partial charge on any atom is 0.221 e. The number of rotatable bonds is 4. The van der Waals surface area contributed by atoms with E-state index in [1.165, 1.54) is 6.07 Å². The van der Waals surface area contributed by atoms with Crippen molar-refractivity contribution in [1.82, 2.24) is 14.9 Å². The van der Waals surface area contributed by atoms with Crippen molar-refractivity contribution in [2.75, 3.05) is 7.05 Å². The molecule has 1 amide bonds. The summed E-state index contributed by atoms with van der Waals surface area (Å²) in [5.74, 6) is 0.492. The summed E-state index contributed by atoms with van der Waals surface area (Å²) >= 11 is 7.77. The van der Waals surface area contributed by atoms with Crippen LogP contribution in [0, 0.1) is 9.39 Å². The Morgan fingerprint density at radius 1 is 1.58 bits per heavy atom. The number of carbonyl (C=O) groups excluding carboxylic acids is 1. The van der Waals surface area contributed by atoms with Crippen molar-refractivity contribution in [3.8, 4) is 0 Å². The number of hydrogen-bond donors (Lipinski definition) is 1. The van der Waals surface area contributed by atoms with Gasteiger partial charge in [0.05, 0.1) is 20.5 Å². The van der Waals surface area contributed by atoms with Gasteiger partial charge in [0.25, 0.3) is 0 Å². The van der Waals surface area contributed by atoms with Gasteiger partial charge in [0.2, 0.25) is 5.91 Å². The summed E-state index contributed by atoms with van der Waals surface area (Å²) in [6.07, 6.45) is 0.305. The molecule has 7 heteroatoms. The Kier molecular flexibility index (Phi) is 4.62. The molecule has 0 bridgehead atoms. The molecule has 0 unspecified atom stereocenters. The topological polar surface area (TPSA) is 46.9 Å². The lowest BCUT2D eigenvalue weighted by molar-refractivity contribution is -0.120. The summed E-state index contributed by atoms with van der Waals surface area (Å²) in [5, 5.41) is 2.55. The number of imidazole rings is 1. The minimum atomic E-state index is -0.296. The molecule has 1 N–H and O–H groups in total. The van der Waals surface area contributed by atoms with Gasteiger partial charge in [-0.05, 0) is 28.7 Å². The minimum Gasteiger partial charge on any atom is -0.359 e. The number of carbonyl (C=O) groups is 1. The van der Waals surface area contributed by atoms with Crippen LogP contribution in [-0.2, 0) is 17.2 Å². The molecule has 102 valence electrons. The standard InChI is InChI=1S/C12H12ClFIN3O/c1-16-12(19)2-3-18-10-4-7(14)8(15)5-9(10)17-11(18)6-13/h4-5H,2-3,6H2,1H3,(H,16,19). The zero-order valence-electron chi connectivity index (χ0n) is 10.2. The molecule has 4 nitrogen and oxygen atoms in total. The van der Waals surface area contributed by atoms with Gasteiger partial charge in [-0.2, -0.15) is 0 Å². The molecule has 2 aromatic rings. The number of amides is 1. The fraction of sp³-hybridized carbons (Fsp3) is 0.333. The van der Waals surface area contributed by atoms with Gasteiger partial charge in [-0.1, -0.05) is 0 Å². The Hall–Kier alpha value is -0.890. The van der Waals surface area contributed by atoms with Gasteiger partial charge >= 0.3 is 0 Å². The highest BCUT2D eigenvalue weighted by Crippen LogP contribution is 2.23. The molecule has 1 aromatic heterocycles. The molecule has 1 heterocycles. The lowest BCUT2D eigenvalue weighted by atomic mass is 10.3. The highest BCUT2D eigenvalue weighted by molar-refractivity contribution is 14.1. The van der Waals surface area contributed by atoms with Gasteiger partial charge in [-0.15, -0.1) is 11.6 Å². The third-order valence-corrected chi connectivity index (χ3v) is 3.90. The second-order valence-corrected chi connectivity index (χ2v) is 5.42. The molecule has 1 aromatic carbocycles. The first-order valence-corrected chi connectivity index (χ1v) is 7.29. The van der Waals surface area contributed by atoms with Crippen LogP contribution >= 0.6 is 34.2 Å². The van der Waals surface area contributed by atoms with E-state index in [-0.39, 0.29) is 17.6 Å². The molecule has 0 saturated carbocycles. The molecule has 2 rings (SSSR count). The quantitative estimate of drug-likeness (QED) is 0.639. The van der Waals surface area contributed by atoms with E-state index in [2.05, 4.69) is 10.3 Å². The number of halogens is 3. The largest absolute Gasteiger partial charge is 0.359 e. The van der Waals surface area contributed by atoms with E-state index in [9.17, 15) is 9.18 Å². The molecule has 0 radical (unpaired) electrons. The van der Waals surface area contributed by atoms with E-state index in [1.54, 1.807) is 17.7 Å². The smallest absolute Gasteiger partial charge is 0.221 e. The maximum absolute atomic E-state index is 13.6. The third kappa shape index (κ3) is 3.00. The predicted molar refractivity (Wildman–Crippen MR) is 80.6 cm³/mol. The Bertz CT molecular complexity index is 629. The van der Waals surface area contributed by atoms with E-state index in [0.717, 1.165) is 0 Å². The minimum absolute atomic E-state index is 0.0756. The van der Waals surface area contributed by atoms with E-state index in [0.29, 0.717) is 33.4 Å². The van der Waals surface area contributed by atoms with Gasteiger partial charge in [-0.25, -0.2) is 9.37 Å². The van der Waals surface area contributed by atoms with Gasteiger partial charge in [0.1, 0.15) is 11.6 Å². The summed E-state index contributed by atoms with van der Waals surface area (Å²) in [5.41, 5.74) is 1.36. The van der Waals surface area contributed by atoms with Crippen molar-refractivity contribution < 1.29 is 9.18 Å². The monoisotopic (exact) mass is 395 g/mol. The fourth-order valence-corrected chi connectivity index (χ4v) is 2.51. The van der Waals surface area contributed by atoms with Gasteiger partial charge in [0, 0.05) is 26.1 Å². The highest BCUT2D eigenvalue weighted by Gasteiger charge is 2.13. The van der Waals surface area contributed by atoms with Crippen molar-refractivity contribution in [3.05, 3.63) is 27.3 Å². The van der Waals surface area contributed by atoms with E-state index < -0.39 is 0 Å². The van der Waals surface area contributed by atoms with Crippen LogP contribution in [0.2, 0.25) is 0 Å². The van der Waals surface area contributed by atoms with Crippen LogP contribution in [-0.4, -0.2) is 22.5 Å². The molecule has 0 aliphatic carbocycles. The molecular weight excluding hydrogens is 384 g/mol. The fourth-order valence-electron chi connectivity index (χ4n) is 1.86. The van der Waals surface area contributed by atoms with Crippen molar-refractivity contribution in [1.29, 1.82) is 0 Å². The zero-order valence-corrected chi connectivity index (χ0v) is 13.1. The predicted octanol–water partition coefficient (Wildman–Crippen LogP) is 2.65. The number of nitrogens with zero attached hydrogens (tertiary/aromatic N) is 2. The van der Waals surface area contributed by atoms with Gasteiger partial charge in [-0.3, -0.25) is 4.79 Å². The first-order chi connectivity index (χ1) is 9.06. The molecule has 0 saturated heterocycles. The van der Waals surface area contributed by atoms with Crippen molar-refractivity contribution >= 4 is 51.1 Å². The second kappa shape index (κ2) is 6.04. The Morgan fingerprint density at radius 2 is 2.32 bits per heavy atom. The Morgan fingerprint density at radius 3 is 2.95 bits per heavy atom.